The van der Waals surface area contributed by atoms with E-state index in [0.717, 1.165) is 17.3 Å². The zero-order valence-electron chi connectivity index (χ0n) is 9.00. The highest BCUT2D eigenvalue weighted by atomic mass is 35.5. The molecule has 0 bridgehead atoms. The van der Waals surface area contributed by atoms with Crippen LogP contribution in [0.2, 0.25) is 5.15 Å². The average molecular weight is 216 g/mol. The lowest BCUT2D eigenvalue weighted by atomic mass is 10.1. The molecule has 0 spiro atoms. The third-order valence-corrected chi connectivity index (χ3v) is 2.72. The molecule has 1 atom stereocenters. The molecular formula is C10H18ClN3. The van der Waals surface area contributed by atoms with Crippen molar-refractivity contribution in [3.8, 4) is 0 Å². The minimum absolute atomic E-state index is 0.410. The van der Waals surface area contributed by atoms with Gasteiger partial charge in [-0.15, -0.1) is 0 Å². The smallest absolute Gasteiger partial charge is 0.130 e. The monoisotopic (exact) mass is 215 g/mol. The molecule has 0 fully saturated rings. The Morgan fingerprint density at radius 1 is 1.50 bits per heavy atom. The molecule has 0 saturated heterocycles. The molecule has 0 amide bonds. The van der Waals surface area contributed by atoms with E-state index in [1.165, 1.54) is 0 Å². The number of nitrogens with two attached hydrogens (primary N) is 1. The number of rotatable bonds is 4. The minimum Gasteiger partial charge on any atom is -0.330 e. The standard InChI is InChI=1S/C10H18ClN3/c1-7(2)9-5-13-14(10(9)11)6-8(3)4-12/h5,7-8H,4,6,12H2,1-3H3. The van der Waals surface area contributed by atoms with Gasteiger partial charge in [0.05, 0.1) is 6.20 Å². The molecule has 0 saturated carbocycles. The first-order chi connectivity index (χ1) is 6.56. The summed E-state index contributed by atoms with van der Waals surface area (Å²) in [4.78, 5) is 0. The number of hydrogen-bond acceptors (Lipinski definition) is 2. The predicted octanol–water partition coefficient (Wildman–Crippen LogP) is 2.25. The van der Waals surface area contributed by atoms with Gasteiger partial charge in [-0.3, -0.25) is 4.68 Å². The first-order valence-electron chi connectivity index (χ1n) is 4.97. The molecule has 0 aliphatic carbocycles. The van der Waals surface area contributed by atoms with Gasteiger partial charge in [0.1, 0.15) is 5.15 Å². The molecule has 80 valence electrons. The van der Waals surface area contributed by atoms with Crippen LogP contribution in [0.1, 0.15) is 32.3 Å². The van der Waals surface area contributed by atoms with E-state index in [0.29, 0.717) is 18.4 Å². The summed E-state index contributed by atoms with van der Waals surface area (Å²) in [6, 6.07) is 0. The summed E-state index contributed by atoms with van der Waals surface area (Å²) in [5.41, 5.74) is 6.66. The summed E-state index contributed by atoms with van der Waals surface area (Å²) < 4.78 is 1.83. The first kappa shape index (κ1) is 11.5. The lowest BCUT2D eigenvalue weighted by Crippen LogP contribution is -2.17. The van der Waals surface area contributed by atoms with Crippen molar-refractivity contribution < 1.29 is 0 Å². The second kappa shape index (κ2) is 4.80. The highest BCUT2D eigenvalue weighted by Gasteiger charge is 2.12. The van der Waals surface area contributed by atoms with Gasteiger partial charge in [-0.05, 0) is 18.4 Å². The SMILES string of the molecule is CC(CN)Cn1ncc(C(C)C)c1Cl. The molecule has 2 N–H and O–H groups in total. The Morgan fingerprint density at radius 3 is 2.57 bits per heavy atom. The van der Waals surface area contributed by atoms with Gasteiger partial charge in [-0.1, -0.05) is 32.4 Å². The first-order valence-corrected chi connectivity index (χ1v) is 5.35. The lowest BCUT2D eigenvalue weighted by Gasteiger charge is -2.10. The van der Waals surface area contributed by atoms with E-state index in [1.807, 2.05) is 10.9 Å². The fraction of sp³-hybridized carbons (Fsp3) is 0.700. The summed E-state index contributed by atoms with van der Waals surface area (Å²) in [5, 5.41) is 5.00. The largest absolute Gasteiger partial charge is 0.330 e. The van der Waals surface area contributed by atoms with Crippen LogP contribution in [0.3, 0.4) is 0 Å². The Hall–Kier alpha value is -0.540. The van der Waals surface area contributed by atoms with E-state index in [9.17, 15) is 0 Å². The van der Waals surface area contributed by atoms with Crippen LogP contribution >= 0.6 is 11.6 Å². The van der Waals surface area contributed by atoms with Crippen LogP contribution in [-0.4, -0.2) is 16.3 Å². The molecule has 4 heteroatoms. The van der Waals surface area contributed by atoms with Crippen molar-refractivity contribution in [1.82, 2.24) is 9.78 Å². The van der Waals surface area contributed by atoms with Crippen LogP contribution in [-0.2, 0) is 6.54 Å². The van der Waals surface area contributed by atoms with Gasteiger partial charge in [0, 0.05) is 12.1 Å². The van der Waals surface area contributed by atoms with Crippen molar-refractivity contribution in [3.63, 3.8) is 0 Å². The van der Waals surface area contributed by atoms with Crippen LogP contribution in [0, 0.1) is 5.92 Å². The molecule has 0 radical (unpaired) electrons. The summed E-state index contributed by atoms with van der Waals surface area (Å²) in [5.74, 6) is 0.830. The Balaban J connectivity index is 2.79. The molecule has 0 aliphatic heterocycles. The molecule has 1 aromatic rings. The van der Waals surface area contributed by atoms with Crippen molar-refractivity contribution in [2.24, 2.45) is 11.7 Å². The molecule has 1 heterocycles. The van der Waals surface area contributed by atoms with Gasteiger partial charge >= 0.3 is 0 Å². The highest BCUT2D eigenvalue weighted by molar-refractivity contribution is 6.30. The van der Waals surface area contributed by atoms with E-state index in [4.69, 9.17) is 17.3 Å². The van der Waals surface area contributed by atoms with Crippen LogP contribution in [0.25, 0.3) is 0 Å². The molecule has 0 aromatic carbocycles. The van der Waals surface area contributed by atoms with E-state index in [2.05, 4.69) is 25.9 Å². The molecule has 1 aromatic heterocycles. The van der Waals surface area contributed by atoms with Crippen LogP contribution in [0.4, 0.5) is 0 Å². The molecule has 1 unspecified atom stereocenters. The number of nitrogens with zero attached hydrogens (tertiary/aromatic N) is 2. The minimum atomic E-state index is 0.410. The van der Waals surface area contributed by atoms with Gasteiger partial charge in [-0.2, -0.15) is 5.10 Å². The van der Waals surface area contributed by atoms with Crippen LogP contribution < -0.4 is 5.73 Å². The van der Waals surface area contributed by atoms with Gasteiger partial charge in [0.25, 0.3) is 0 Å². The summed E-state index contributed by atoms with van der Waals surface area (Å²) in [6.45, 7) is 7.77. The predicted molar refractivity (Wildman–Crippen MR) is 59.5 cm³/mol. The third kappa shape index (κ3) is 2.49. The maximum atomic E-state index is 6.18. The van der Waals surface area contributed by atoms with Crippen molar-refractivity contribution in [2.75, 3.05) is 6.54 Å². The normalized spacial score (nSPS) is 13.6. The van der Waals surface area contributed by atoms with Crippen molar-refractivity contribution >= 4 is 11.6 Å². The quantitative estimate of drug-likeness (QED) is 0.838. The number of aromatic nitrogens is 2. The maximum Gasteiger partial charge on any atom is 0.130 e. The summed E-state index contributed by atoms with van der Waals surface area (Å²) in [7, 11) is 0. The third-order valence-electron chi connectivity index (χ3n) is 2.31. The van der Waals surface area contributed by atoms with Gasteiger partial charge in [0.15, 0.2) is 0 Å². The van der Waals surface area contributed by atoms with E-state index in [1.54, 1.807) is 0 Å². The highest BCUT2D eigenvalue weighted by Crippen LogP contribution is 2.23. The maximum absolute atomic E-state index is 6.18. The summed E-state index contributed by atoms with van der Waals surface area (Å²) in [6.07, 6.45) is 1.84. The molecule has 1 rings (SSSR count). The lowest BCUT2D eigenvalue weighted by molar-refractivity contribution is 0.458. The number of hydrogen-bond donors (Lipinski definition) is 1. The second-order valence-electron chi connectivity index (χ2n) is 4.07. The zero-order valence-corrected chi connectivity index (χ0v) is 9.75. The van der Waals surface area contributed by atoms with Gasteiger partial charge < -0.3 is 5.73 Å². The Morgan fingerprint density at radius 2 is 2.14 bits per heavy atom. The Labute approximate surface area is 90.2 Å². The van der Waals surface area contributed by atoms with E-state index in [-0.39, 0.29) is 0 Å². The van der Waals surface area contributed by atoms with Crippen molar-refractivity contribution in [3.05, 3.63) is 16.9 Å². The van der Waals surface area contributed by atoms with Gasteiger partial charge in [-0.25, -0.2) is 0 Å². The Kier molecular flexibility index (Phi) is 3.96. The number of halogens is 1. The molecule has 3 nitrogen and oxygen atoms in total. The van der Waals surface area contributed by atoms with Crippen LogP contribution in [0.15, 0.2) is 6.20 Å². The fourth-order valence-electron chi connectivity index (χ4n) is 1.27. The van der Waals surface area contributed by atoms with Crippen molar-refractivity contribution in [1.29, 1.82) is 0 Å². The van der Waals surface area contributed by atoms with E-state index >= 15 is 0 Å². The fourth-order valence-corrected chi connectivity index (χ4v) is 1.65. The van der Waals surface area contributed by atoms with E-state index < -0.39 is 0 Å². The van der Waals surface area contributed by atoms with Crippen molar-refractivity contribution in [2.45, 2.75) is 33.2 Å². The molecular weight excluding hydrogens is 198 g/mol. The zero-order chi connectivity index (χ0) is 10.7. The molecule has 0 aliphatic rings. The topological polar surface area (TPSA) is 43.8 Å². The average Bonchev–Trinajstić information content (AvgIpc) is 2.48. The Bertz CT molecular complexity index is 294. The molecule has 14 heavy (non-hydrogen) atoms. The van der Waals surface area contributed by atoms with Crippen LogP contribution in [0.5, 0.6) is 0 Å². The summed E-state index contributed by atoms with van der Waals surface area (Å²) >= 11 is 6.18. The van der Waals surface area contributed by atoms with Gasteiger partial charge in [0.2, 0.25) is 0 Å². The second-order valence-corrected chi connectivity index (χ2v) is 4.43.